The van der Waals surface area contributed by atoms with Gasteiger partial charge in [0.05, 0.1) is 18.7 Å². The molecule has 0 radical (unpaired) electrons. The van der Waals surface area contributed by atoms with Gasteiger partial charge in [-0.3, -0.25) is 4.57 Å². The van der Waals surface area contributed by atoms with Crippen LogP contribution in [-0.4, -0.2) is 59.7 Å². The number of aliphatic hydroxyl groups excluding tert-OH is 3. The van der Waals surface area contributed by atoms with E-state index in [-0.39, 0.29) is 6.16 Å². The highest BCUT2D eigenvalue weighted by atomic mass is 31.2. The van der Waals surface area contributed by atoms with Crippen molar-refractivity contribution in [2.45, 2.75) is 91.3 Å². The summed E-state index contributed by atoms with van der Waals surface area (Å²) in [6.45, 7) is 6.67. The smallest absolute Gasteiger partial charge is 0.379 e. The third kappa shape index (κ3) is 190. The van der Waals surface area contributed by atoms with Crippen LogP contribution in [0, 0.1) is 0 Å². The van der Waals surface area contributed by atoms with Crippen molar-refractivity contribution in [1.29, 1.82) is 0 Å². The van der Waals surface area contributed by atoms with Crippen LogP contribution in [0.4, 0.5) is 0 Å². The fourth-order valence-electron chi connectivity index (χ4n) is 1.27. The van der Waals surface area contributed by atoms with Crippen molar-refractivity contribution in [3.05, 3.63) is 0 Å². The first kappa shape index (κ1) is 39.4. The maximum Gasteiger partial charge on any atom is 0.692 e. The topological polar surface area (TPSA) is 254 Å². The Kier molecular flexibility index (Phi) is 40.9. The molecule has 0 rings (SSSR count). The predicted molar refractivity (Wildman–Crippen MR) is 115 cm³/mol. The average molecular weight is 472 g/mol. The summed E-state index contributed by atoms with van der Waals surface area (Å²) in [5, 5.41) is 23.5. The Morgan fingerprint density at radius 3 is 1.17 bits per heavy atom. The Morgan fingerprint density at radius 2 is 0.966 bits per heavy atom. The lowest BCUT2D eigenvalue weighted by Crippen LogP contribution is -2.11. The lowest BCUT2D eigenvalue weighted by molar-refractivity contribution is 0.202. The van der Waals surface area contributed by atoms with E-state index in [9.17, 15) is 4.57 Å². The zero-order chi connectivity index (χ0) is 24.5. The minimum Gasteiger partial charge on any atom is -0.379 e. The summed E-state index contributed by atoms with van der Waals surface area (Å²) in [7, 11) is -6.60. The van der Waals surface area contributed by atoms with E-state index in [1.54, 1.807) is 0 Å². The molecule has 0 aliphatic heterocycles. The van der Waals surface area contributed by atoms with Crippen LogP contribution in [0.2, 0.25) is 0 Å². The standard InChI is InChI=1S/C9H21O3P.3C2H7NO.HO3P/c1-2-3-4-5-6-7-8-9-13(10,11)12;3*1-2(3)4;1-4(2)3/h2-9H2,1H3,(H2,10,11,12);3*2,4H,3H2,1H3;(H-,1,2,3)/p+1. The van der Waals surface area contributed by atoms with Crippen molar-refractivity contribution in [2.24, 2.45) is 17.2 Å². The molecule has 0 aromatic carbocycles. The number of hydrogen-bond donors (Lipinski definition) is 10. The zero-order valence-corrected chi connectivity index (χ0v) is 19.8. The fraction of sp³-hybridized carbons (Fsp3) is 1.00. The molecular weight excluding hydrogens is 428 g/mol. The summed E-state index contributed by atoms with van der Waals surface area (Å²) in [4.78, 5) is 31.4. The second kappa shape index (κ2) is 30.1. The fourth-order valence-corrected chi connectivity index (χ4v) is 1.91. The van der Waals surface area contributed by atoms with E-state index in [0.29, 0.717) is 6.42 Å². The maximum atomic E-state index is 10.5. The molecule has 14 heteroatoms. The lowest BCUT2D eigenvalue weighted by atomic mass is 10.1. The summed E-state index contributed by atoms with van der Waals surface area (Å²) < 4.78 is 19.2. The largest absolute Gasteiger partial charge is 0.692 e. The monoisotopic (exact) mass is 472 g/mol. The van der Waals surface area contributed by atoms with E-state index in [1.807, 2.05) is 0 Å². The van der Waals surface area contributed by atoms with Crippen LogP contribution in [0.15, 0.2) is 0 Å². The molecule has 0 spiro atoms. The average Bonchev–Trinajstić information content (AvgIpc) is 2.42. The van der Waals surface area contributed by atoms with Crippen LogP contribution in [0.1, 0.15) is 72.6 Å². The van der Waals surface area contributed by atoms with Gasteiger partial charge in [0, 0.05) is 10.7 Å². The summed E-state index contributed by atoms with van der Waals surface area (Å²) in [6, 6.07) is 0. The molecule has 0 aliphatic rings. The highest BCUT2D eigenvalue weighted by Gasteiger charge is 2.10. The van der Waals surface area contributed by atoms with Crippen LogP contribution >= 0.6 is 15.9 Å². The molecule has 0 amide bonds. The van der Waals surface area contributed by atoms with Crippen molar-refractivity contribution in [3.8, 4) is 0 Å². The molecule has 0 saturated heterocycles. The summed E-state index contributed by atoms with van der Waals surface area (Å²) >= 11 is 0. The predicted octanol–water partition coefficient (Wildman–Crippen LogP) is 0.393. The van der Waals surface area contributed by atoms with Gasteiger partial charge in [0.2, 0.25) is 0 Å². The first-order chi connectivity index (χ1) is 13.0. The number of nitrogens with two attached hydrogens (primary N) is 3. The SMILES string of the molecule is CC(N)O.CC(N)O.CC(N)O.CCCCCCCCCP(=O)(O)O.O=[P+](O)O. The Balaban J connectivity index is -0.0000000984. The Bertz CT molecular complexity index is 331. The summed E-state index contributed by atoms with van der Waals surface area (Å²) in [5.74, 6) is 0. The van der Waals surface area contributed by atoms with Gasteiger partial charge in [-0.25, -0.2) is 0 Å². The quantitative estimate of drug-likeness (QED) is 0.131. The third-order valence-corrected chi connectivity index (χ3v) is 2.95. The molecular formula is C15H44N3O9P2+. The molecule has 12 nitrogen and oxygen atoms in total. The van der Waals surface area contributed by atoms with Gasteiger partial charge in [0.25, 0.3) is 0 Å². The van der Waals surface area contributed by atoms with E-state index in [0.717, 1.165) is 12.8 Å². The zero-order valence-electron chi connectivity index (χ0n) is 18.0. The van der Waals surface area contributed by atoms with Gasteiger partial charge in [-0.1, -0.05) is 45.4 Å². The van der Waals surface area contributed by atoms with Gasteiger partial charge < -0.3 is 42.3 Å². The van der Waals surface area contributed by atoms with Crippen LogP contribution in [-0.2, 0) is 9.13 Å². The molecule has 13 N–H and O–H groups in total. The molecule has 0 aromatic heterocycles. The van der Waals surface area contributed by atoms with E-state index < -0.39 is 34.5 Å². The van der Waals surface area contributed by atoms with Gasteiger partial charge in [-0.15, -0.1) is 9.79 Å². The highest BCUT2D eigenvalue weighted by Crippen LogP contribution is 2.35. The van der Waals surface area contributed by atoms with Crippen LogP contribution in [0.5, 0.6) is 0 Å². The van der Waals surface area contributed by atoms with Gasteiger partial charge in [-0.2, -0.15) is 0 Å². The number of unbranched alkanes of at least 4 members (excludes halogenated alkanes) is 6. The summed E-state index contributed by atoms with van der Waals surface area (Å²) in [5.41, 5.74) is 14.0. The van der Waals surface area contributed by atoms with Crippen LogP contribution < -0.4 is 17.2 Å². The van der Waals surface area contributed by atoms with E-state index in [1.165, 1.54) is 46.5 Å². The van der Waals surface area contributed by atoms with Gasteiger partial charge in [0.15, 0.2) is 0 Å². The Hall–Kier alpha value is -0.0700. The second-order valence-electron chi connectivity index (χ2n) is 5.98. The van der Waals surface area contributed by atoms with Gasteiger partial charge in [-0.05, 0) is 27.2 Å². The first-order valence-electron chi connectivity index (χ1n) is 9.20. The minimum atomic E-state index is -3.73. The van der Waals surface area contributed by atoms with E-state index in [4.69, 9.17) is 39.5 Å². The van der Waals surface area contributed by atoms with Crippen molar-refractivity contribution in [3.63, 3.8) is 0 Å². The third-order valence-electron chi connectivity index (χ3n) is 2.05. The van der Waals surface area contributed by atoms with E-state index >= 15 is 0 Å². The Morgan fingerprint density at radius 1 is 0.759 bits per heavy atom. The summed E-state index contributed by atoms with van der Waals surface area (Å²) in [6.07, 6.45) is 5.76. The molecule has 0 heterocycles. The normalized spacial score (nSPS) is 12.8. The number of hydrogen-bond acceptors (Lipinski definition) is 8. The molecule has 3 unspecified atom stereocenters. The molecule has 0 aliphatic carbocycles. The van der Waals surface area contributed by atoms with E-state index in [2.05, 4.69) is 24.1 Å². The molecule has 3 atom stereocenters. The Labute approximate surface area is 175 Å². The molecule has 0 saturated carbocycles. The molecule has 29 heavy (non-hydrogen) atoms. The van der Waals surface area contributed by atoms with Gasteiger partial charge >= 0.3 is 15.9 Å². The number of rotatable bonds is 8. The van der Waals surface area contributed by atoms with Crippen molar-refractivity contribution < 1.29 is 44.0 Å². The molecule has 0 fully saturated rings. The van der Waals surface area contributed by atoms with Crippen LogP contribution in [0.25, 0.3) is 0 Å². The minimum absolute atomic E-state index is 0.0563. The maximum absolute atomic E-state index is 10.5. The van der Waals surface area contributed by atoms with Crippen LogP contribution in [0.3, 0.4) is 0 Å². The van der Waals surface area contributed by atoms with Gasteiger partial charge in [0.1, 0.15) is 0 Å². The highest BCUT2D eigenvalue weighted by molar-refractivity contribution is 7.51. The lowest BCUT2D eigenvalue weighted by Gasteiger charge is -2.03. The molecule has 0 bridgehead atoms. The first-order valence-corrected chi connectivity index (χ1v) is 12.2. The number of aliphatic hydroxyl groups is 3. The van der Waals surface area contributed by atoms with Crippen molar-refractivity contribution in [1.82, 2.24) is 0 Å². The second-order valence-corrected chi connectivity index (χ2v) is 8.27. The molecule has 0 aromatic rings. The van der Waals surface area contributed by atoms with Crippen molar-refractivity contribution in [2.75, 3.05) is 6.16 Å². The molecule has 182 valence electrons. The van der Waals surface area contributed by atoms with Crippen molar-refractivity contribution >= 4 is 15.9 Å².